The standard InChI is InChI=1S/C18H17ClF5N5O2/c19-9-1-2-10(25-5-9)6-28-17(31)29-14(26-28)4-3-11(18(22,23)24)15(29)16(30)27-7-12(20)13(21)8-27/h1-2,5,11-13,15H,3-4,6-8H2/t11?,12-,13+,15?. The molecule has 0 aromatic carbocycles. The molecule has 2 aromatic heterocycles. The number of halogens is 6. The van der Waals surface area contributed by atoms with E-state index in [-0.39, 0.29) is 18.8 Å². The molecule has 4 atom stereocenters. The molecule has 0 N–H and O–H groups in total. The lowest BCUT2D eigenvalue weighted by Gasteiger charge is -2.34. The number of rotatable bonds is 3. The number of carbonyl (C=O) groups is 1. The highest BCUT2D eigenvalue weighted by molar-refractivity contribution is 6.30. The van der Waals surface area contributed by atoms with Crippen LogP contribution in [-0.2, 0) is 17.8 Å². The highest BCUT2D eigenvalue weighted by Gasteiger charge is 2.53. The summed E-state index contributed by atoms with van der Waals surface area (Å²) in [7, 11) is 0. The molecule has 13 heteroatoms. The third-order valence-corrected chi connectivity index (χ3v) is 5.77. The smallest absolute Gasteiger partial charge is 0.335 e. The van der Waals surface area contributed by atoms with Gasteiger partial charge in [-0.1, -0.05) is 11.6 Å². The van der Waals surface area contributed by atoms with Gasteiger partial charge in [0.2, 0.25) is 5.91 Å². The molecular weight excluding hydrogens is 449 g/mol. The maximum atomic E-state index is 13.7. The van der Waals surface area contributed by atoms with Gasteiger partial charge in [0.05, 0.1) is 36.3 Å². The van der Waals surface area contributed by atoms with Crippen molar-refractivity contribution in [2.45, 2.75) is 43.9 Å². The van der Waals surface area contributed by atoms with Gasteiger partial charge in [-0.3, -0.25) is 14.3 Å². The first kappa shape index (κ1) is 21.7. The molecule has 1 fully saturated rings. The second-order valence-corrected chi connectivity index (χ2v) is 8.04. The molecule has 2 unspecified atom stereocenters. The number of aryl methyl sites for hydroxylation is 1. The van der Waals surface area contributed by atoms with Crippen molar-refractivity contribution in [3.63, 3.8) is 0 Å². The zero-order chi connectivity index (χ0) is 22.5. The molecule has 0 saturated carbocycles. The van der Waals surface area contributed by atoms with Crippen LogP contribution in [0.3, 0.4) is 0 Å². The van der Waals surface area contributed by atoms with E-state index < -0.39 is 61.6 Å². The maximum Gasteiger partial charge on any atom is 0.394 e. The van der Waals surface area contributed by atoms with Crippen LogP contribution in [0.4, 0.5) is 22.0 Å². The molecule has 0 spiro atoms. The van der Waals surface area contributed by atoms with Crippen LogP contribution in [-0.4, -0.2) is 61.7 Å². The van der Waals surface area contributed by atoms with Crippen molar-refractivity contribution in [2.24, 2.45) is 5.92 Å². The second kappa shape index (κ2) is 7.88. The largest absolute Gasteiger partial charge is 0.394 e. The Balaban J connectivity index is 1.72. The van der Waals surface area contributed by atoms with E-state index in [0.717, 1.165) is 4.68 Å². The Bertz CT molecular complexity index is 1030. The maximum absolute atomic E-state index is 13.7. The molecule has 0 radical (unpaired) electrons. The molecule has 4 heterocycles. The summed E-state index contributed by atoms with van der Waals surface area (Å²) in [6, 6.07) is 1.09. The molecule has 1 amide bonds. The van der Waals surface area contributed by atoms with Crippen LogP contribution < -0.4 is 5.69 Å². The van der Waals surface area contributed by atoms with Crippen LogP contribution >= 0.6 is 11.6 Å². The Morgan fingerprint density at radius 1 is 1.19 bits per heavy atom. The molecule has 31 heavy (non-hydrogen) atoms. The van der Waals surface area contributed by atoms with Gasteiger partial charge in [0.25, 0.3) is 0 Å². The summed E-state index contributed by atoms with van der Waals surface area (Å²) in [5.41, 5.74) is -0.538. The first-order valence-corrected chi connectivity index (χ1v) is 9.86. The third kappa shape index (κ3) is 4.04. The zero-order valence-electron chi connectivity index (χ0n) is 15.9. The van der Waals surface area contributed by atoms with E-state index >= 15 is 0 Å². The van der Waals surface area contributed by atoms with E-state index in [2.05, 4.69) is 10.1 Å². The number of amides is 1. The van der Waals surface area contributed by atoms with Crippen LogP contribution in [0.25, 0.3) is 0 Å². The minimum absolute atomic E-state index is 0.00519. The molecular formula is C18H17ClF5N5O2. The van der Waals surface area contributed by atoms with Crippen LogP contribution in [0.2, 0.25) is 5.02 Å². The van der Waals surface area contributed by atoms with E-state index in [0.29, 0.717) is 20.2 Å². The van der Waals surface area contributed by atoms with Gasteiger partial charge in [0, 0.05) is 12.6 Å². The summed E-state index contributed by atoms with van der Waals surface area (Å²) < 4.78 is 70.0. The topological polar surface area (TPSA) is 73.0 Å². The average molecular weight is 466 g/mol. The van der Waals surface area contributed by atoms with E-state index in [1.807, 2.05) is 0 Å². The summed E-state index contributed by atoms with van der Waals surface area (Å²) in [4.78, 5) is 30.6. The van der Waals surface area contributed by atoms with E-state index in [1.165, 1.54) is 18.3 Å². The molecule has 2 aromatic rings. The molecule has 168 valence electrons. The first-order valence-electron chi connectivity index (χ1n) is 9.48. The van der Waals surface area contributed by atoms with Gasteiger partial charge < -0.3 is 4.90 Å². The van der Waals surface area contributed by atoms with Crippen molar-refractivity contribution >= 4 is 17.5 Å². The van der Waals surface area contributed by atoms with Crippen molar-refractivity contribution in [2.75, 3.05) is 13.1 Å². The number of aromatic nitrogens is 4. The number of hydrogen-bond donors (Lipinski definition) is 0. The van der Waals surface area contributed by atoms with Gasteiger partial charge in [0.15, 0.2) is 12.3 Å². The van der Waals surface area contributed by atoms with E-state index in [9.17, 15) is 31.5 Å². The average Bonchev–Trinajstić information content (AvgIpc) is 3.21. The van der Waals surface area contributed by atoms with Crippen LogP contribution in [0.5, 0.6) is 0 Å². The highest BCUT2D eigenvalue weighted by Crippen LogP contribution is 2.42. The summed E-state index contributed by atoms with van der Waals surface area (Å²) >= 11 is 5.77. The van der Waals surface area contributed by atoms with Gasteiger partial charge in [-0.25, -0.2) is 18.3 Å². The van der Waals surface area contributed by atoms with Gasteiger partial charge in [0.1, 0.15) is 11.9 Å². The third-order valence-electron chi connectivity index (χ3n) is 5.55. The van der Waals surface area contributed by atoms with Crippen molar-refractivity contribution in [1.82, 2.24) is 24.2 Å². The number of hydrogen-bond acceptors (Lipinski definition) is 4. The predicted octanol–water partition coefficient (Wildman–Crippen LogP) is 2.33. The number of fused-ring (bicyclic) bond motifs is 1. The summed E-state index contributed by atoms with van der Waals surface area (Å²) in [5, 5.41) is 4.44. The van der Waals surface area contributed by atoms with Crippen LogP contribution in [0.15, 0.2) is 23.1 Å². The molecule has 2 aliphatic heterocycles. The molecule has 4 rings (SSSR count). The minimum Gasteiger partial charge on any atom is -0.335 e. The first-order chi connectivity index (χ1) is 14.6. The monoisotopic (exact) mass is 465 g/mol. The van der Waals surface area contributed by atoms with Crippen molar-refractivity contribution < 1.29 is 26.7 Å². The number of pyridine rings is 1. The summed E-state index contributed by atoms with van der Waals surface area (Å²) in [5.74, 6) is -3.31. The summed E-state index contributed by atoms with van der Waals surface area (Å²) in [6.07, 6.45) is -8.05. The number of likely N-dealkylation sites (tertiary alicyclic amines) is 1. The van der Waals surface area contributed by atoms with Crippen LogP contribution in [0, 0.1) is 5.92 Å². The summed E-state index contributed by atoms with van der Waals surface area (Å²) in [6.45, 7) is -1.46. The fraction of sp³-hybridized carbons (Fsp3) is 0.556. The predicted molar refractivity (Wildman–Crippen MR) is 98.1 cm³/mol. The zero-order valence-corrected chi connectivity index (χ0v) is 16.7. The lowest BCUT2D eigenvalue weighted by atomic mass is 9.89. The number of alkyl halides is 5. The lowest BCUT2D eigenvalue weighted by molar-refractivity contribution is -0.196. The normalized spacial score (nSPS) is 26.2. The van der Waals surface area contributed by atoms with Gasteiger partial charge in [-0.15, -0.1) is 0 Å². The van der Waals surface area contributed by atoms with Gasteiger partial charge in [-0.05, 0) is 18.6 Å². The van der Waals surface area contributed by atoms with E-state index in [4.69, 9.17) is 11.6 Å². The van der Waals surface area contributed by atoms with Gasteiger partial charge in [-0.2, -0.15) is 18.3 Å². The highest BCUT2D eigenvalue weighted by atomic mass is 35.5. The Hall–Kier alpha value is -2.50. The molecule has 0 aliphatic carbocycles. The Morgan fingerprint density at radius 2 is 1.87 bits per heavy atom. The fourth-order valence-corrected chi connectivity index (χ4v) is 4.12. The molecule has 2 aliphatic rings. The molecule has 1 saturated heterocycles. The Labute approximate surface area is 177 Å². The minimum atomic E-state index is -4.79. The molecule has 7 nitrogen and oxygen atoms in total. The Kier molecular flexibility index (Phi) is 5.52. The van der Waals surface area contributed by atoms with E-state index in [1.54, 1.807) is 0 Å². The number of carbonyl (C=O) groups excluding carboxylic acids is 1. The Morgan fingerprint density at radius 3 is 2.45 bits per heavy atom. The van der Waals surface area contributed by atoms with Crippen molar-refractivity contribution in [3.05, 3.63) is 45.4 Å². The number of nitrogens with zero attached hydrogens (tertiary/aromatic N) is 5. The SMILES string of the molecule is O=C(C1C(C(F)(F)F)CCc2nn(Cc3ccc(Cl)cn3)c(=O)n21)N1C[C@@H](F)[C@@H](F)C1. The van der Waals surface area contributed by atoms with Crippen LogP contribution in [0.1, 0.15) is 24.0 Å². The lowest BCUT2D eigenvalue weighted by Crippen LogP contribution is -2.49. The quantitative estimate of drug-likeness (QED) is 0.652. The molecule has 0 bridgehead atoms. The second-order valence-electron chi connectivity index (χ2n) is 7.60. The van der Waals surface area contributed by atoms with Crippen molar-refractivity contribution in [3.8, 4) is 0 Å². The van der Waals surface area contributed by atoms with Gasteiger partial charge >= 0.3 is 11.9 Å². The van der Waals surface area contributed by atoms with Crippen molar-refractivity contribution in [1.29, 1.82) is 0 Å². The fourth-order valence-electron chi connectivity index (χ4n) is 4.01.